The van der Waals surface area contributed by atoms with E-state index in [2.05, 4.69) is 15.4 Å². The van der Waals surface area contributed by atoms with E-state index >= 15 is 0 Å². The standard InChI is InChI=1S/C20H22N4O3/c1-3-26-18-6-4-5-7-19(18)27-12-20(25)23-15(2)16-8-10-17(11-9-16)24-14-21-13-22-24/h4-11,13-15H,3,12H2,1-2H3,(H,23,25). The van der Waals surface area contributed by atoms with E-state index in [1.54, 1.807) is 17.1 Å². The van der Waals surface area contributed by atoms with Gasteiger partial charge in [0.1, 0.15) is 12.7 Å². The molecular weight excluding hydrogens is 344 g/mol. The zero-order chi connectivity index (χ0) is 19.1. The number of benzene rings is 2. The maximum Gasteiger partial charge on any atom is 0.258 e. The van der Waals surface area contributed by atoms with Gasteiger partial charge in [-0.1, -0.05) is 24.3 Å². The molecule has 1 amide bonds. The van der Waals surface area contributed by atoms with Gasteiger partial charge in [-0.05, 0) is 43.7 Å². The Morgan fingerprint density at radius 1 is 1.11 bits per heavy atom. The highest BCUT2D eigenvalue weighted by Gasteiger charge is 2.12. The van der Waals surface area contributed by atoms with E-state index in [0.717, 1.165) is 11.3 Å². The molecule has 0 bridgehead atoms. The molecule has 2 aromatic carbocycles. The lowest BCUT2D eigenvalue weighted by Gasteiger charge is -2.16. The second-order valence-electron chi connectivity index (χ2n) is 5.89. The van der Waals surface area contributed by atoms with Crippen molar-refractivity contribution in [2.45, 2.75) is 19.9 Å². The van der Waals surface area contributed by atoms with Gasteiger partial charge in [0.2, 0.25) is 0 Å². The molecule has 1 N–H and O–H groups in total. The zero-order valence-corrected chi connectivity index (χ0v) is 15.3. The predicted molar refractivity (Wildman–Crippen MR) is 101 cm³/mol. The Hall–Kier alpha value is -3.35. The van der Waals surface area contributed by atoms with E-state index < -0.39 is 0 Å². The molecule has 1 aromatic heterocycles. The maximum absolute atomic E-state index is 12.2. The lowest BCUT2D eigenvalue weighted by molar-refractivity contribution is -0.123. The van der Waals surface area contributed by atoms with Gasteiger partial charge in [-0.15, -0.1) is 0 Å². The summed E-state index contributed by atoms with van der Waals surface area (Å²) in [5, 5.41) is 7.02. The molecule has 0 spiro atoms. The minimum absolute atomic E-state index is 0.0779. The number of carbonyl (C=O) groups excluding carboxylic acids is 1. The Morgan fingerprint density at radius 2 is 1.81 bits per heavy atom. The van der Waals surface area contributed by atoms with Crippen molar-refractivity contribution < 1.29 is 14.3 Å². The van der Waals surface area contributed by atoms with Crippen molar-refractivity contribution in [1.82, 2.24) is 20.1 Å². The molecule has 3 aromatic rings. The first-order valence-electron chi connectivity index (χ1n) is 8.76. The topological polar surface area (TPSA) is 78.3 Å². The van der Waals surface area contributed by atoms with Gasteiger partial charge in [-0.25, -0.2) is 9.67 Å². The highest BCUT2D eigenvalue weighted by molar-refractivity contribution is 5.78. The van der Waals surface area contributed by atoms with Crippen LogP contribution in [0.15, 0.2) is 61.2 Å². The van der Waals surface area contributed by atoms with Crippen LogP contribution < -0.4 is 14.8 Å². The van der Waals surface area contributed by atoms with Crippen molar-refractivity contribution >= 4 is 5.91 Å². The van der Waals surface area contributed by atoms with Crippen molar-refractivity contribution in [3.63, 3.8) is 0 Å². The number of hydrogen-bond acceptors (Lipinski definition) is 5. The Bertz CT molecular complexity index is 863. The van der Waals surface area contributed by atoms with Gasteiger partial charge < -0.3 is 14.8 Å². The quantitative estimate of drug-likeness (QED) is 0.663. The molecule has 3 rings (SSSR count). The number of nitrogens with one attached hydrogen (secondary N) is 1. The Kier molecular flexibility index (Phi) is 6.04. The number of aromatic nitrogens is 3. The van der Waals surface area contributed by atoms with Gasteiger partial charge in [0.25, 0.3) is 5.91 Å². The summed E-state index contributed by atoms with van der Waals surface area (Å²) >= 11 is 0. The largest absolute Gasteiger partial charge is 0.490 e. The Labute approximate surface area is 158 Å². The number of nitrogens with zero attached hydrogens (tertiary/aromatic N) is 3. The molecule has 0 radical (unpaired) electrons. The molecule has 7 heteroatoms. The molecule has 0 saturated carbocycles. The highest BCUT2D eigenvalue weighted by atomic mass is 16.5. The molecule has 7 nitrogen and oxygen atoms in total. The average Bonchev–Trinajstić information content (AvgIpc) is 3.22. The van der Waals surface area contributed by atoms with Crippen LogP contribution in [0.2, 0.25) is 0 Å². The van der Waals surface area contributed by atoms with Crippen molar-refractivity contribution in [1.29, 1.82) is 0 Å². The molecule has 0 aliphatic heterocycles. The smallest absolute Gasteiger partial charge is 0.258 e. The molecule has 1 heterocycles. The van der Waals surface area contributed by atoms with E-state index in [9.17, 15) is 4.79 Å². The first-order chi connectivity index (χ1) is 13.2. The molecule has 0 aliphatic rings. The second-order valence-corrected chi connectivity index (χ2v) is 5.89. The van der Waals surface area contributed by atoms with Crippen LogP contribution in [0.1, 0.15) is 25.5 Å². The van der Waals surface area contributed by atoms with Crippen LogP contribution in [0.5, 0.6) is 11.5 Å². The minimum Gasteiger partial charge on any atom is -0.490 e. The third kappa shape index (κ3) is 4.84. The predicted octanol–water partition coefficient (Wildman–Crippen LogP) is 2.92. The number of carbonyl (C=O) groups is 1. The molecule has 0 saturated heterocycles. The molecule has 1 atom stereocenters. The third-order valence-electron chi connectivity index (χ3n) is 3.96. The molecule has 0 fully saturated rings. The van der Waals surface area contributed by atoms with Crippen LogP contribution in [0, 0.1) is 0 Å². The third-order valence-corrected chi connectivity index (χ3v) is 3.96. The zero-order valence-electron chi connectivity index (χ0n) is 15.3. The van der Waals surface area contributed by atoms with Crippen molar-refractivity contribution in [3.05, 3.63) is 66.7 Å². The van der Waals surface area contributed by atoms with E-state index in [1.807, 2.05) is 56.3 Å². The highest BCUT2D eigenvalue weighted by Crippen LogP contribution is 2.26. The maximum atomic E-state index is 12.2. The van der Waals surface area contributed by atoms with Crippen molar-refractivity contribution in [2.75, 3.05) is 13.2 Å². The van der Waals surface area contributed by atoms with Crippen LogP contribution in [-0.2, 0) is 4.79 Å². The van der Waals surface area contributed by atoms with E-state index in [-0.39, 0.29) is 18.6 Å². The van der Waals surface area contributed by atoms with Gasteiger partial charge >= 0.3 is 0 Å². The molecule has 140 valence electrons. The van der Waals surface area contributed by atoms with Gasteiger partial charge in [-0.2, -0.15) is 5.10 Å². The van der Waals surface area contributed by atoms with E-state index in [4.69, 9.17) is 9.47 Å². The number of para-hydroxylation sites is 2. The summed E-state index contributed by atoms with van der Waals surface area (Å²) in [4.78, 5) is 16.2. The fourth-order valence-corrected chi connectivity index (χ4v) is 2.61. The van der Waals surface area contributed by atoms with Crippen LogP contribution in [0.25, 0.3) is 5.69 Å². The second kappa shape index (κ2) is 8.84. The summed E-state index contributed by atoms with van der Waals surface area (Å²) in [5.41, 5.74) is 1.90. The summed E-state index contributed by atoms with van der Waals surface area (Å²) in [6, 6.07) is 14.9. The van der Waals surface area contributed by atoms with Gasteiger partial charge in [-0.3, -0.25) is 4.79 Å². The lowest BCUT2D eigenvalue weighted by atomic mass is 10.1. The Balaban J connectivity index is 1.55. The average molecular weight is 366 g/mol. The molecular formula is C20H22N4O3. The summed E-state index contributed by atoms with van der Waals surface area (Å²) in [6.07, 6.45) is 3.12. The van der Waals surface area contributed by atoms with E-state index in [0.29, 0.717) is 18.1 Å². The molecule has 0 aliphatic carbocycles. The molecule has 27 heavy (non-hydrogen) atoms. The monoisotopic (exact) mass is 366 g/mol. The summed E-state index contributed by atoms with van der Waals surface area (Å²) in [6.45, 7) is 4.29. The van der Waals surface area contributed by atoms with Crippen LogP contribution in [0.3, 0.4) is 0 Å². The van der Waals surface area contributed by atoms with Gasteiger partial charge in [0, 0.05) is 0 Å². The fraction of sp³-hybridized carbons (Fsp3) is 0.250. The van der Waals surface area contributed by atoms with Crippen LogP contribution >= 0.6 is 0 Å². The Morgan fingerprint density at radius 3 is 2.44 bits per heavy atom. The first-order valence-corrected chi connectivity index (χ1v) is 8.76. The fourth-order valence-electron chi connectivity index (χ4n) is 2.61. The summed E-state index contributed by atoms with van der Waals surface area (Å²) in [7, 11) is 0. The van der Waals surface area contributed by atoms with Crippen molar-refractivity contribution in [3.8, 4) is 17.2 Å². The van der Waals surface area contributed by atoms with Gasteiger partial charge in [0.15, 0.2) is 18.1 Å². The molecule has 1 unspecified atom stereocenters. The number of amides is 1. The minimum atomic E-state index is -0.200. The number of ether oxygens (including phenoxy) is 2. The summed E-state index contributed by atoms with van der Waals surface area (Å²) in [5.74, 6) is 0.984. The summed E-state index contributed by atoms with van der Waals surface area (Å²) < 4.78 is 12.8. The number of hydrogen-bond donors (Lipinski definition) is 1. The van der Waals surface area contributed by atoms with E-state index in [1.165, 1.54) is 6.33 Å². The van der Waals surface area contributed by atoms with Crippen molar-refractivity contribution in [2.24, 2.45) is 0 Å². The van der Waals surface area contributed by atoms with Crippen LogP contribution in [0.4, 0.5) is 0 Å². The first kappa shape index (κ1) is 18.4. The SMILES string of the molecule is CCOc1ccccc1OCC(=O)NC(C)c1ccc(-n2cncn2)cc1. The number of rotatable bonds is 8. The van der Waals surface area contributed by atoms with Crippen LogP contribution in [-0.4, -0.2) is 33.9 Å². The lowest BCUT2D eigenvalue weighted by Crippen LogP contribution is -2.31. The van der Waals surface area contributed by atoms with Gasteiger partial charge in [0.05, 0.1) is 18.3 Å². The normalized spacial score (nSPS) is 11.6.